The largest absolute Gasteiger partial charge is 0.621 e. The number of hydrogen-bond acceptors (Lipinski definition) is 2. The van der Waals surface area contributed by atoms with Crippen LogP contribution < -0.4 is 5.06 Å². The zero-order valence-electron chi connectivity index (χ0n) is 5.83. The van der Waals surface area contributed by atoms with Gasteiger partial charge < -0.3 is 5.21 Å². The number of quaternary nitrogens is 1. The molecule has 0 fully saturated rings. The second-order valence-electron chi connectivity index (χ2n) is 2.59. The first kappa shape index (κ1) is 6.52. The van der Waals surface area contributed by atoms with Gasteiger partial charge in [0.1, 0.15) is 5.69 Å². The minimum absolute atomic E-state index is 0.286. The van der Waals surface area contributed by atoms with Gasteiger partial charge in [0.25, 0.3) is 0 Å². The van der Waals surface area contributed by atoms with Crippen molar-refractivity contribution in [3.05, 3.63) is 35.0 Å². The summed E-state index contributed by atoms with van der Waals surface area (Å²) >= 11 is 0. The van der Waals surface area contributed by atoms with E-state index in [-0.39, 0.29) is 17.4 Å². The predicted octanol–water partition coefficient (Wildman–Crippen LogP) is -0.216. The average molecular weight is 149 g/mol. The van der Waals surface area contributed by atoms with Crippen molar-refractivity contribution < 1.29 is 9.86 Å². The van der Waals surface area contributed by atoms with Crippen LogP contribution in [-0.4, -0.2) is 5.91 Å². The molecule has 0 aromatic heterocycles. The zero-order chi connectivity index (χ0) is 7.84. The number of amides is 1. The lowest BCUT2D eigenvalue weighted by molar-refractivity contribution is -0.683. The molecule has 3 heteroatoms. The number of carbonyl (C=O) groups excluding carboxylic acids is 1. The van der Waals surface area contributed by atoms with Crippen LogP contribution in [0.4, 0.5) is 5.69 Å². The van der Waals surface area contributed by atoms with E-state index >= 15 is 0 Å². The van der Waals surface area contributed by atoms with E-state index < -0.39 is 0 Å². The topological polar surface area (TPSA) is 44.6 Å². The van der Waals surface area contributed by atoms with Crippen molar-refractivity contribution in [2.24, 2.45) is 0 Å². The van der Waals surface area contributed by atoms with Crippen LogP contribution in [0.5, 0.6) is 0 Å². The summed E-state index contributed by atoms with van der Waals surface area (Å²) in [5.41, 5.74) is 1.44. The summed E-state index contributed by atoms with van der Waals surface area (Å²) in [5.74, 6) is -0.286. The van der Waals surface area contributed by atoms with Crippen LogP contribution in [0, 0.1) is 5.21 Å². The number of carbonyl (C=O) groups is 1. The molecule has 3 nitrogen and oxygen atoms in total. The van der Waals surface area contributed by atoms with Crippen molar-refractivity contribution in [2.75, 3.05) is 0 Å². The lowest BCUT2D eigenvalue weighted by atomic mass is 10.2. The van der Waals surface area contributed by atoms with Gasteiger partial charge in [-0.2, -0.15) is 0 Å². The fraction of sp³-hybridized carbons (Fsp3) is 0.125. The van der Waals surface area contributed by atoms with Crippen LogP contribution in [0.25, 0.3) is 0 Å². The van der Waals surface area contributed by atoms with Gasteiger partial charge in [0.15, 0.2) is 0 Å². The highest BCUT2D eigenvalue weighted by atomic mass is 16.5. The van der Waals surface area contributed by atoms with Crippen LogP contribution >= 0.6 is 0 Å². The summed E-state index contributed by atoms with van der Waals surface area (Å²) in [4.78, 5) is 10.9. The molecule has 1 unspecified atom stereocenters. The standard InChI is InChI=1S/C8H7NO2/c10-8-5-6-3-1-2-4-7(6)9(8)11/h1-4,9H,5H2. The molecule has 1 atom stereocenters. The number of fused-ring (bicyclic) bond motifs is 1. The van der Waals surface area contributed by atoms with Crippen molar-refractivity contribution >= 4 is 11.6 Å². The predicted molar refractivity (Wildman–Crippen MR) is 39.1 cm³/mol. The molecule has 0 saturated heterocycles. The highest BCUT2D eigenvalue weighted by Gasteiger charge is 2.26. The quantitative estimate of drug-likeness (QED) is 0.518. The van der Waals surface area contributed by atoms with E-state index in [1.54, 1.807) is 12.1 Å². The van der Waals surface area contributed by atoms with Gasteiger partial charge in [-0.15, -0.1) is 0 Å². The van der Waals surface area contributed by atoms with Crippen molar-refractivity contribution in [2.45, 2.75) is 6.42 Å². The first-order chi connectivity index (χ1) is 5.29. The van der Waals surface area contributed by atoms with E-state index in [4.69, 9.17) is 0 Å². The van der Waals surface area contributed by atoms with Gasteiger partial charge in [0.05, 0.1) is 6.42 Å². The molecular weight excluding hydrogens is 142 g/mol. The molecular formula is C8H7NO2. The Kier molecular flexibility index (Phi) is 1.27. The molecule has 2 rings (SSSR count). The van der Waals surface area contributed by atoms with Crippen LogP contribution in [0.3, 0.4) is 0 Å². The minimum Gasteiger partial charge on any atom is -0.621 e. The third kappa shape index (κ3) is 0.859. The van der Waals surface area contributed by atoms with E-state index in [9.17, 15) is 10.0 Å². The molecule has 1 heterocycles. The maximum absolute atomic E-state index is 11.0. The molecule has 0 saturated carbocycles. The Morgan fingerprint density at radius 2 is 2.09 bits per heavy atom. The molecule has 56 valence electrons. The number of hydrogen-bond donors (Lipinski definition) is 1. The number of benzene rings is 1. The van der Waals surface area contributed by atoms with Crippen molar-refractivity contribution in [1.29, 1.82) is 0 Å². The lowest BCUT2D eigenvalue weighted by Crippen LogP contribution is -3.03. The van der Waals surface area contributed by atoms with Gasteiger partial charge in [0, 0.05) is 11.6 Å². The molecule has 0 spiro atoms. The molecule has 1 aromatic rings. The molecule has 1 N–H and O–H groups in total. The Morgan fingerprint density at radius 3 is 2.82 bits per heavy atom. The van der Waals surface area contributed by atoms with Crippen molar-refractivity contribution in [3.63, 3.8) is 0 Å². The van der Waals surface area contributed by atoms with Crippen molar-refractivity contribution in [1.82, 2.24) is 0 Å². The third-order valence-corrected chi connectivity index (χ3v) is 1.87. The summed E-state index contributed by atoms with van der Waals surface area (Å²) < 4.78 is 0. The normalized spacial score (nSPS) is 21.9. The second-order valence-corrected chi connectivity index (χ2v) is 2.59. The Morgan fingerprint density at radius 1 is 1.36 bits per heavy atom. The zero-order valence-corrected chi connectivity index (χ0v) is 5.83. The fourth-order valence-electron chi connectivity index (χ4n) is 1.30. The SMILES string of the molecule is O=C1Cc2ccccc2[NH+]1[O-]. The van der Waals surface area contributed by atoms with Gasteiger partial charge in [0.2, 0.25) is 0 Å². The number of hydroxylamine groups is 1. The van der Waals surface area contributed by atoms with Crippen LogP contribution in [0.15, 0.2) is 24.3 Å². The summed E-state index contributed by atoms with van der Waals surface area (Å²) in [6.45, 7) is 0. The Labute approximate surface area is 63.8 Å². The lowest BCUT2D eigenvalue weighted by Gasteiger charge is -2.11. The number of para-hydroxylation sites is 1. The Balaban J connectivity index is 2.55. The third-order valence-electron chi connectivity index (χ3n) is 1.87. The molecule has 1 aliphatic rings. The summed E-state index contributed by atoms with van der Waals surface area (Å²) in [6, 6.07) is 7.13. The average Bonchev–Trinajstić information content (AvgIpc) is 2.30. The van der Waals surface area contributed by atoms with E-state index in [1.807, 2.05) is 12.1 Å². The number of nitrogens with one attached hydrogen (secondary N) is 1. The molecule has 1 aromatic carbocycles. The molecule has 0 bridgehead atoms. The minimum atomic E-state index is -0.333. The smallest absolute Gasteiger partial charge is 0.321 e. The Hall–Kier alpha value is -1.19. The Bertz CT molecular complexity index is 309. The van der Waals surface area contributed by atoms with Crippen molar-refractivity contribution in [3.8, 4) is 0 Å². The maximum atomic E-state index is 11.0. The highest BCUT2D eigenvalue weighted by Crippen LogP contribution is 2.14. The van der Waals surface area contributed by atoms with Gasteiger partial charge in [-0.1, -0.05) is 18.2 Å². The van der Waals surface area contributed by atoms with E-state index in [2.05, 4.69) is 0 Å². The monoisotopic (exact) mass is 149 g/mol. The van der Waals surface area contributed by atoms with Gasteiger partial charge >= 0.3 is 5.91 Å². The maximum Gasteiger partial charge on any atom is 0.321 e. The van der Waals surface area contributed by atoms with E-state index in [1.165, 1.54) is 0 Å². The molecule has 0 aliphatic carbocycles. The summed E-state index contributed by atoms with van der Waals surface area (Å²) in [6.07, 6.45) is 0.287. The highest BCUT2D eigenvalue weighted by molar-refractivity contribution is 5.79. The first-order valence-electron chi connectivity index (χ1n) is 3.44. The second kappa shape index (κ2) is 2.15. The summed E-state index contributed by atoms with van der Waals surface area (Å²) in [7, 11) is 0. The van der Waals surface area contributed by atoms with Gasteiger partial charge in [-0.25, -0.2) is 4.79 Å². The van der Waals surface area contributed by atoms with E-state index in [0.717, 1.165) is 5.56 Å². The van der Waals surface area contributed by atoms with Crippen LogP contribution in [0.2, 0.25) is 0 Å². The van der Waals surface area contributed by atoms with Crippen LogP contribution in [0.1, 0.15) is 5.56 Å². The molecule has 0 radical (unpaired) electrons. The van der Waals surface area contributed by atoms with Gasteiger partial charge in [-0.3, -0.25) is 5.06 Å². The number of rotatable bonds is 0. The van der Waals surface area contributed by atoms with Gasteiger partial charge in [-0.05, 0) is 0 Å². The molecule has 1 aliphatic heterocycles. The molecule has 1 amide bonds. The first-order valence-corrected chi connectivity index (χ1v) is 3.44. The van der Waals surface area contributed by atoms with E-state index in [0.29, 0.717) is 5.69 Å². The fourth-order valence-corrected chi connectivity index (χ4v) is 1.30. The summed E-state index contributed by atoms with van der Waals surface area (Å²) in [5, 5.41) is 10.7. The molecule has 11 heavy (non-hydrogen) atoms. The van der Waals surface area contributed by atoms with Crippen LogP contribution in [-0.2, 0) is 11.2 Å².